The van der Waals surface area contributed by atoms with Crippen molar-refractivity contribution in [2.24, 2.45) is 11.8 Å². The highest BCUT2D eigenvalue weighted by molar-refractivity contribution is 5.07. The van der Waals surface area contributed by atoms with E-state index < -0.39 is 11.2 Å². The summed E-state index contributed by atoms with van der Waals surface area (Å²) in [5.74, 6) is 1.05. The zero-order chi connectivity index (χ0) is 13.8. The molecule has 0 bridgehead atoms. The van der Waals surface area contributed by atoms with Crippen LogP contribution in [0, 0.1) is 11.8 Å². The maximum absolute atomic E-state index is 9.84. The lowest BCUT2D eigenvalue weighted by Crippen LogP contribution is -2.27. The smallest absolute Gasteiger partial charge is 0.116 e. The van der Waals surface area contributed by atoms with Gasteiger partial charge in [-0.3, -0.25) is 5.26 Å². The molecule has 0 aliphatic heterocycles. The molecule has 104 valence electrons. The summed E-state index contributed by atoms with van der Waals surface area (Å²) in [6.07, 6.45) is 10.8. The average molecular weight is 254 g/mol. The summed E-state index contributed by atoms with van der Waals surface area (Å²) >= 11 is 0. The minimum absolute atomic E-state index is 0.521. The predicted molar refractivity (Wildman–Crippen MR) is 73.2 cm³/mol. The lowest BCUT2D eigenvalue weighted by atomic mass is 9.79. The summed E-state index contributed by atoms with van der Waals surface area (Å²) in [4.78, 5) is 4.36. The normalized spacial score (nSPS) is 30.9. The molecule has 0 spiro atoms. The van der Waals surface area contributed by atoms with Gasteiger partial charge in [-0.1, -0.05) is 31.2 Å². The molecule has 0 radical (unpaired) electrons. The molecule has 0 aromatic rings. The number of hydrogen-bond donors (Lipinski definition) is 2. The first-order chi connectivity index (χ1) is 8.26. The summed E-state index contributed by atoms with van der Waals surface area (Å²) in [5, 5.41) is 18.5. The molecule has 0 saturated heterocycles. The number of hydrogen-bond acceptors (Lipinski definition) is 3. The van der Waals surface area contributed by atoms with Gasteiger partial charge in [-0.15, -0.1) is 0 Å². The Labute approximate surface area is 110 Å². The van der Waals surface area contributed by atoms with Crippen LogP contribution in [0.15, 0.2) is 24.3 Å². The van der Waals surface area contributed by atoms with Crippen molar-refractivity contribution in [3.05, 3.63) is 24.3 Å². The van der Waals surface area contributed by atoms with Crippen LogP contribution >= 0.6 is 0 Å². The average Bonchev–Trinajstić information content (AvgIpc) is 2.28. The SMILES string of the molecule is CC(CC=CC(C)(C)OO)C1C=CC(C)(O)CC1. The third kappa shape index (κ3) is 4.92. The van der Waals surface area contributed by atoms with Crippen LogP contribution in [-0.4, -0.2) is 21.6 Å². The Kier molecular flexibility index (Phi) is 5.14. The van der Waals surface area contributed by atoms with E-state index in [4.69, 9.17) is 5.26 Å². The van der Waals surface area contributed by atoms with Gasteiger partial charge in [-0.2, -0.15) is 0 Å². The molecule has 0 amide bonds. The van der Waals surface area contributed by atoms with Crippen molar-refractivity contribution in [3.63, 3.8) is 0 Å². The Hall–Kier alpha value is -0.640. The first-order valence-corrected chi connectivity index (χ1v) is 6.68. The van der Waals surface area contributed by atoms with E-state index in [1.165, 1.54) is 0 Å². The molecule has 0 heterocycles. The standard InChI is InChI=1S/C15H26O3/c1-12(6-5-9-14(2,3)18-17)13-7-10-15(4,16)11-8-13/h5,7,9-10,12-13,16-17H,6,8,11H2,1-4H3. The van der Waals surface area contributed by atoms with Gasteiger partial charge in [0.15, 0.2) is 0 Å². The van der Waals surface area contributed by atoms with Crippen molar-refractivity contribution >= 4 is 0 Å². The van der Waals surface area contributed by atoms with Gasteiger partial charge in [0.1, 0.15) is 5.60 Å². The Morgan fingerprint density at radius 2 is 2.22 bits per heavy atom. The third-order valence-corrected chi connectivity index (χ3v) is 3.68. The summed E-state index contributed by atoms with van der Waals surface area (Å²) in [5.41, 5.74) is -1.25. The molecule has 3 atom stereocenters. The van der Waals surface area contributed by atoms with E-state index in [1.807, 2.05) is 32.9 Å². The van der Waals surface area contributed by atoms with Gasteiger partial charge in [-0.25, -0.2) is 4.89 Å². The van der Waals surface area contributed by atoms with Crippen molar-refractivity contribution < 1.29 is 15.3 Å². The summed E-state index contributed by atoms with van der Waals surface area (Å²) < 4.78 is 0. The highest BCUT2D eigenvalue weighted by Gasteiger charge is 2.25. The first-order valence-electron chi connectivity index (χ1n) is 6.68. The molecular formula is C15H26O3. The molecule has 0 aromatic carbocycles. The van der Waals surface area contributed by atoms with Crippen molar-refractivity contribution in [3.8, 4) is 0 Å². The zero-order valence-electron chi connectivity index (χ0n) is 11.9. The molecule has 3 nitrogen and oxygen atoms in total. The van der Waals surface area contributed by atoms with Crippen molar-refractivity contribution in [1.29, 1.82) is 0 Å². The van der Waals surface area contributed by atoms with Crippen LogP contribution < -0.4 is 0 Å². The fourth-order valence-electron chi connectivity index (χ4n) is 2.22. The van der Waals surface area contributed by atoms with Gasteiger partial charge < -0.3 is 5.11 Å². The topological polar surface area (TPSA) is 49.7 Å². The van der Waals surface area contributed by atoms with Crippen LogP contribution in [-0.2, 0) is 4.89 Å². The van der Waals surface area contributed by atoms with E-state index in [1.54, 1.807) is 0 Å². The second kappa shape index (κ2) is 6.00. The van der Waals surface area contributed by atoms with Crippen LogP contribution in [0.25, 0.3) is 0 Å². The maximum Gasteiger partial charge on any atom is 0.116 e. The van der Waals surface area contributed by atoms with E-state index in [-0.39, 0.29) is 0 Å². The van der Waals surface area contributed by atoms with Crippen LogP contribution in [0.2, 0.25) is 0 Å². The molecule has 3 heteroatoms. The third-order valence-electron chi connectivity index (χ3n) is 3.68. The fourth-order valence-corrected chi connectivity index (χ4v) is 2.22. The maximum atomic E-state index is 9.84. The van der Waals surface area contributed by atoms with Gasteiger partial charge in [0.25, 0.3) is 0 Å². The first kappa shape index (κ1) is 15.4. The van der Waals surface area contributed by atoms with Gasteiger partial charge >= 0.3 is 0 Å². The van der Waals surface area contributed by atoms with E-state index in [0.29, 0.717) is 11.8 Å². The Balaban J connectivity index is 2.45. The summed E-state index contributed by atoms with van der Waals surface area (Å²) in [6, 6.07) is 0. The van der Waals surface area contributed by atoms with Crippen LogP contribution in [0.5, 0.6) is 0 Å². The minimum Gasteiger partial charge on any atom is -0.386 e. The van der Waals surface area contributed by atoms with Crippen LogP contribution in [0.3, 0.4) is 0 Å². The fraction of sp³-hybridized carbons (Fsp3) is 0.733. The predicted octanol–water partition coefficient (Wildman–Crippen LogP) is 3.55. The molecule has 0 saturated carbocycles. The molecule has 0 fully saturated rings. The van der Waals surface area contributed by atoms with Gasteiger partial charge in [0.05, 0.1) is 5.60 Å². The quantitative estimate of drug-likeness (QED) is 0.448. The van der Waals surface area contributed by atoms with E-state index in [0.717, 1.165) is 19.3 Å². The van der Waals surface area contributed by atoms with Crippen molar-refractivity contribution in [1.82, 2.24) is 0 Å². The monoisotopic (exact) mass is 254 g/mol. The Bertz CT molecular complexity index is 316. The second-order valence-corrected chi connectivity index (χ2v) is 6.23. The van der Waals surface area contributed by atoms with Gasteiger partial charge in [-0.05, 0) is 51.9 Å². The lowest BCUT2D eigenvalue weighted by Gasteiger charge is -2.30. The molecule has 18 heavy (non-hydrogen) atoms. The Morgan fingerprint density at radius 1 is 1.56 bits per heavy atom. The number of allylic oxidation sites excluding steroid dienone is 2. The highest BCUT2D eigenvalue weighted by Crippen LogP contribution is 2.31. The zero-order valence-corrected chi connectivity index (χ0v) is 11.9. The number of rotatable bonds is 5. The highest BCUT2D eigenvalue weighted by atomic mass is 17.1. The molecule has 1 aliphatic carbocycles. The largest absolute Gasteiger partial charge is 0.386 e. The molecule has 3 unspecified atom stereocenters. The van der Waals surface area contributed by atoms with Crippen molar-refractivity contribution in [2.45, 2.75) is 58.2 Å². The van der Waals surface area contributed by atoms with E-state index in [2.05, 4.69) is 24.0 Å². The summed E-state index contributed by atoms with van der Waals surface area (Å²) in [6.45, 7) is 7.69. The minimum atomic E-state index is -0.626. The molecule has 0 aromatic heterocycles. The number of aliphatic hydroxyl groups is 1. The van der Waals surface area contributed by atoms with Gasteiger partial charge in [0.2, 0.25) is 0 Å². The van der Waals surface area contributed by atoms with Crippen LogP contribution in [0.4, 0.5) is 0 Å². The molecule has 1 aliphatic rings. The second-order valence-electron chi connectivity index (χ2n) is 6.23. The lowest BCUT2D eigenvalue weighted by molar-refractivity contribution is -0.297. The summed E-state index contributed by atoms with van der Waals surface area (Å²) in [7, 11) is 0. The molecule has 1 rings (SSSR count). The Morgan fingerprint density at radius 3 is 2.72 bits per heavy atom. The van der Waals surface area contributed by atoms with Crippen LogP contribution in [0.1, 0.15) is 47.0 Å². The van der Waals surface area contributed by atoms with Crippen molar-refractivity contribution in [2.75, 3.05) is 0 Å². The molecule has 2 N–H and O–H groups in total. The van der Waals surface area contributed by atoms with Gasteiger partial charge in [0, 0.05) is 0 Å². The van der Waals surface area contributed by atoms with E-state index in [9.17, 15) is 5.11 Å². The van der Waals surface area contributed by atoms with E-state index >= 15 is 0 Å². The molecular weight excluding hydrogens is 228 g/mol.